The van der Waals surface area contributed by atoms with Gasteiger partial charge in [0.1, 0.15) is 49.7 Å². The maximum Gasteiger partial charge on any atom is 0.397 e. The van der Waals surface area contributed by atoms with E-state index in [1.807, 2.05) is 0 Å². The number of anilines is 2. The molecule has 0 amide bonds. The van der Waals surface area contributed by atoms with Gasteiger partial charge in [0.05, 0.1) is 69.9 Å². The first-order chi connectivity index (χ1) is 30.8. The largest absolute Gasteiger partial charge is 0.497 e. The fraction of sp³-hybridized carbons (Fsp3) is 0.172. The molecule has 37 heteroatoms. The predicted molar refractivity (Wildman–Crippen MR) is 224 cm³/mol. The van der Waals surface area contributed by atoms with Crippen molar-refractivity contribution in [2.24, 2.45) is 30.7 Å². The molecule has 66 heavy (non-hydrogen) atoms. The molecule has 0 saturated heterocycles. The Balaban J connectivity index is 1.88. The van der Waals surface area contributed by atoms with Crippen molar-refractivity contribution in [1.82, 2.24) is 0 Å². The summed E-state index contributed by atoms with van der Waals surface area (Å²) in [5.41, 5.74) is 8.89. The number of nitrogens with two attached hydrogens (primary N) is 2. The number of sulfone groups is 2. The molecule has 0 aliphatic carbocycles. The third kappa shape index (κ3) is 15.1. The van der Waals surface area contributed by atoms with Crippen molar-refractivity contribution < 1.29 is 98.1 Å². The molecule has 0 aromatic heterocycles. The molecule has 0 aliphatic rings. The van der Waals surface area contributed by atoms with Crippen LogP contribution in [0.1, 0.15) is 0 Å². The maximum absolute atomic E-state index is 12.9. The van der Waals surface area contributed by atoms with Gasteiger partial charge in [0.2, 0.25) is 0 Å². The molecule has 0 atom stereocenters. The van der Waals surface area contributed by atoms with E-state index in [2.05, 4.69) is 53.6 Å². The number of hydrogen-bond acceptors (Lipinski definition) is 29. The standard InChI is InChI=1S/C29H30N8O22S7/c1-53-16-2-5-20(25(12-16)64(44,45)46)33-35-22-15-23(36-34-21-7-4-18(14-26(21)65(47,48)49)62(40,41)10-8-54-61-59-57-39)28(31)29(27(22)30)37-32-19-6-3-17(13-24(19)60-58-56-38)63(42,43)11-9-55-66(50,51)52/h2-7,12-15,38-39H,8-11,30-31H2,1H3,(H,44,45,46)(H,47,48,49)(H,50,51,52)/b35-33+,36-34+,37-32+. The minimum Gasteiger partial charge on any atom is -0.497 e. The highest BCUT2D eigenvalue weighted by atomic mass is 32.3. The molecule has 360 valence electrons. The molecule has 0 aliphatic heterocycles. The van der Waals surface area contributed by atoms with Gasteiger partial charge in [0.25, 0.3) is 20.2 Å². The summed E-state index contributed by atoms with van der Waals surface area (Å²) in [5, 5.41) is 47.3. The lowest BCUT2D eigenvalue weighted by Gasteiger charge is -2.11. The highest BCUT2D eigenvalue weighted by Gasteiger charge is 2.24. The molecule has 4 aromatic carbocycles. The highest BCUT2D eigenvalue weighted by molar-refractivity contribution is 7.95. The van der Waals surface area contributed by atoms with Gasteiger partial charge in [-0.25, -0.2) is 31.5 Å². The Morgan fingerprint density at radius 3 is 1.59 bits per heavy atom. The molecule has 0 bridgehead atoms. The number of methoxy groups -OCH3 is 1. The van der Waals surface area contributed by atoms with Crippen LogP contribution in [-0.2, 0) is 77.4 Å². The number of nitrogen functional groups attached to an aromatic ring is 2. The van der Waals surface area contributed by atoms with Gasteiger partial charge in [-0.15, -0.1) is 39.4 Å². The van der Waals surface area contributed by atoms with Crippen LogP contribution in [0.2, 0.25) is 0 Å². The fourth-order valence-corrected chi connectivity index (χ4v) is 9.59. The molecule has 30 nitrogen and oxygen atoms in total. The van der Waals surface area contributed by atoms with Crippen LogP contribution in [0.3, 0.4) is 0 Å². The molecule has 0 spiro atoms. The summed E-state index contributed by atoms with van der Waals surface area (Å²) in [6.45, 7) is -1.54. The quantitative estimate of drug-likeness (QED) is 0.00878. The van der Waals surface area contributed by atoms with E-state index in [1.165, 1.54) is 13.2 Å². The van der Waals surface area contributed by atoms with Crippen molar-refractivity contribution in [3.05, 3.63) is 60.7 Å². The lowest BCUT2D eigenvalue weighted by molar-refractivity contribution is -0.434. The Labute approximate surface area is 381 Å². The Morgan fingerprint density at radius 2 is 1.06 bits per heavy atom. The van der Waals surface area contributed by atoms with E-state index >= 15 is 0 Å². The topological polar surface area (TPSA) is 463 Å². The summed E-state index contributed by atoms with van der Waals surface area (Å²) in [4.78, 5) is -3.21. The van der Waals surface area contributed by atoms with Crippen LogP contribution >= 0.6 is 24.4 Å². The van der Waals surface area contributed by atoms with Crippen LogP contribution in [0, 0.1) is 0 Å². The zero-order chi connectivity index (χ0) is 49.1. The number of nitrogens with zero attached hydrogens (tertiary/aromatic N) is 6. The first kappa shape index (κ1) is 53.7. The molecule has 4 aromatic rings. The molecule has 9 N–H and O–H groups in total. The second kappa shape index (κ2) is 22.7. The molecule has 0 saturated carbocycles. The SMILES string of the molecule is COc1ccc(/N=N/c2cc(/N=N/c3ccc(S(=O)(=O)CCOSOOO)cc3S(=O)(=O)O)c(N)c(/N=N/c3ccc(S(=O)(=O)CCOS(=O)(=O)O)cc3SOOO)c2N)c(S(=O)(=O)O)c1. The van der Waals surface area contributed by atoms with Crippen LogP contribution in [0.15, 0.2) is 116 Å². The fourth-order valence-electron chi connectivity index (χ4n) is 4.74. The molecule has 4 rings (SSSR count). The summed E-state index contributed by atoms with van der Waals surface area (Å²) >= 11 is 0.263. The van der Waals surface area contributed by atoms with Crippen molar-refractivity contribution in [3.63, 3.8) is 0 Å². The monoisotopic (exact) mass is 1070 g/mol. The zero-order valence-electron chi connectivity index (χ0n) is 32.5. The number of ether oxygens (including phenoxy) is 1. The minimum atomic E-state index is -5.25. The van der Waals surface area contributed by atoms with E-state index in [0.717, 1.165) is 48.5 Å². The Hall–Kier alpha value is -4.91. The van der Waals surface area contributed by atoms with Crippen LogP contribution in [0.5, 0.6) is 5.75 Å². The van der Waals surface area contributed by atoms with Crippen molar-refractivity contribution in [3.8, 4) is 5.75 Å². The predicted octanol–water partition coefficient (Wildman–Crippen LogP) is 5.40. The number of benzene rings is 4. The Kier molecular flexibility index (Phi) is 18.5. The summed E-state index contributed by atoms with van der Waals surface area (Å²) < 4.78 is 173. The Morgan fingerprint density at radius 1 is 0.576 bits per heavy atom. The van der Waals surface area contributed by atoms with E-state index in [-0.39, 0.29) is 40.7 Å². The van der Waals surface area contributed by atoms with Crippen LogP contribution in [-0.4, -0.2) is 98.1 Å². The van der Waals surface area contributed by atoms with Crippen LogP contribution in [0.4, 0.5) is 45.5 Å². The van der Waals surface area contributed by atoms with E-state index in [4.69, 9.17) is 35.5 Å². The normalized spacial score (nSPS) is 13.1. The van der Waals surface area contributed by atoms with Gasteiger partial charge in [-0.05, 0) is 54.6 Å². The molecular formula is C29H30N8O22S7. The third-order valence-corrected chi connectivity index (χ3v) is 14.3. The van der Waals surface area contributed by atoms with Crippen LogP contribution < -0.4 is 16.2 Å². The summed E-state index contributed by atoms with van der Waals surface area (Å²) in [6.07, 6.45) is 0. The summed E-state index contributed by atoms with van der Waals surface area (Å²) in [5.74, 6) is -1.72. The Bertz CT molecular complexity index is 3100. The smallest absolute Gasteiger partial charge is 0.397 e. The molecule has 0 unspecified atom stereocenters. The summed E-state index contributed by atoms with van der Waals surface area (Å²) in [6, 6.07) is 9.47. The van der Waals surface area contributed by atoms with Gasteiger partial charge in [-0.3, -0.25) is 17.8 Å². The van der Waals surface area contributed by atoms with Crippen molar-refractivity contribution in [1.29, 1.82) is 0 Å². The third-order valence-electron chi connectivity index (χ3n) is 7.71. The first-order valence-electron chi connectivity index (χ1n) is 16.7. The number of rotatable bonds is 24. The van der Waals surface area contributed by atoms with Gasteiger partial charge < -0.3 is 16.2 Å². The van der Waals surface area contributed by atoms with E-state index in [9.17, 15) is 51.2 Å². The minimum absolute atomic E-state index is 0.00727. The van der Waals surface area contributed by atoms with Gasteiger partial charge in [-0.2, -0.15) is 25.3 Å². The van der Waals surface area contributed by atoms with Crippen molar-refractivity contribution in [2.45, 2.75) is 24.5 Å². The molecule has 0 heterocycles. The van der Waals surface area contributed by atoms with E-state index in [0.29, 0.717) is 6.07 Å². The number of azo groups is 3. The van der Waals surface area contributed by atoms with Crippen LogP contribution in [0.25, 0.3) is 0 Å². The van der Waals surface area contributed by atoms with Crippen molar-refractivity contribution in [2.75, 3.05) is 43.3 Å². The van der Waals surface area contributed by atoms with Gasteiger partial charge in [0, 0.05) is 6.07 Å². The van der Waals surface area contributed by atoms with E-state index < -0.39 is 134 Å². The second-order valence-corrected chi connectivity index (χ2v) is 21.2. The van der Waals surface area contributed by atoms with E-state index in [1.54, 1.807) is 0 Å². The maximum atomic E-state index is 12.9. The molecular weight excluding hydrogens is 1040 g/mol. The lowest BCUT2D eigenvalue weighted by Crippen LogP contribution is -2.15. The van der Waals surface area contributed by atoms with Gasteiger partial charge in [0.15, 0.2) is 32.0 Å². The second-order valence-electron chi connectivity index (χ2n) is 11.9. The average molecular weight is 1070 g/mol. The first-order valence-corrected chi connectivity index (χ1v) is 25.6. The number of hydrogen-bond donors (Lipinski definition) is 7. The molecule has 0 radical (unpaired) electrons. The van der Waals surface area contributed by atoms with Gasteiger partial charge in [-0.1, -0.05) is 10.1 Å². The highest BCUT2D eigenvalue weighted by Crippen LogP contribution is 2.46. The average Bonchev–Trinajstić information content (AvgIpc) is 3.23. The van der Waals surface area contributed by atoms with Gasteiger partial charge >= 0.3 is 10.4 Å². The summed E-state index contributed by atoms with van der Waals surface area (Å²) in [7, 11) is -22.6. The zero-order valence-corrected chi connectivity index (χ0v) is 38.2. The lowest BCUT2D eigenvalue weighted by atomic mass is 10.2. The molecule has 0 fully saturated rings. The van der Waals surface area contributed by atoms with Crippen molar-refractivity contribution >= 4 is 120 Å².